The molecule has 0 aliphatic rings. The lowest BCUT2D eigenvalue weighted by atomic mass is 10.1. The molecule has 0 amide bonds. The summed E-state index contributed by atoms with van der Waals surface area (Å²) in [6.45, 7) is 3.51. The summed E-state index contributed by atoms with van der Waals surface area (Å²) in [5.74, 6) is -2.27. The molecule has 0 radical (unpaired) electrons. The second-order valence-corrected chi connectivity index (χ2v) is 3.04. The van der Waals surface area contributed by atoms with E-state index in [0.717, 1.165) is 6.07 Å². The molecular weight excluding hydrogens is 199 g/mol. The van der Waals surface area contributed by atoms with Gasteiger partial charge >= 0.3 is 5.97 Å². The van der Waals surface area contributed by atoms with Crippen LogP contribution in [0.2, 0.25) is 0 Å². The van der Waals surface area contributed by atoms with E-state index in [9.17, 15) is 9.18 Å². The fourth-order valence-electron chi connectivity index (χ4n) is 1.13. The molecule has 0 fully saturated rings. The maximum atomic E-state index is 13.2. The molecule has 0 bridgehead atoms. The SMILES string of the molecule is C=CC[C@@H](N)c1cnc(C(=O)O)c(F)c1. The van der Waals surface area contributed by atoms with E-state index in [1.165, 1.54) is 6.20 Å². The van der Waals surface area contributed by atoms with Crippen LogP contribution in [-0.4, -0.2) is 16.1 Å². The van der Waals surface area contributed by atoms with Crippen LogP contribution in [0.5, 0.6) is 0 Å². The summed E-state index contributed by atoms with van der Waals surface area (Å²) in [5, 5.41) is 8.55. The van der Waals surface area contributed by atoms with E-state index in [1.54, 1.807) is 6.08 Å². The van der Waals surface area contributed by atoms with Crippen LogP contribution in [0.3, 0.4) is 0 Å². The second kappa shape index (κ2) is 4.65. The summed E-state index contributed by atoms with van der Waals surface area (Å²) in [6, 6.07) is 0.678. The topological polar surface area (TPSA) is 76.2 Å². The number of nitrogens with zero attached hydrogens (tertiary/aromatic N) is 1. The lowest BCUT2D eigenvalue weighted by Gasteiger charge is -2.09. The van der Waals surface area contributed by atoms with E-state index >= 15 is 0 Å². The van der Waals surface area contributed by atoms with E-state index in [1.807, 2.05) is 0 Å². The predicted molar refractivity (Wildman–Crippen MR) is 52.9 cm³/mol. The van der Waals surface area contributed by atoms with Crippen LogP contribution in [0.25, 0.3) is 0 Å². The van der Waals surface area contributed by atoms with E-state index in [-0.39, 0.29) is 0 Å². The van der Waals surface area contributed by atoms with Crippen molar-refractivity contribution in [1.29, 1.82) is 0 Å². The molecule has 0 aliphatic heterocycles. The molecule has 1 heterocycles. The highest BCUT2D eigenvalue weighted by molar-refractivity contribution is 5.85. The fourth-order valence-corrected chi connectivity index (χ4v) is 1.13. The zero-order valence-electron chi connectivity index (χ0n) is 7.98. The number of pyridine rings is 1. The van der Waals surface area contributed by atoms with Gasteiger partial charge in [-0.25, -0.2) is 14.2 Å². The number of hydrogen-bond acceptors (Lipinski definition) is 3. The quantitative estimate of drug-likeness (QED) is 0.738. The third-order valence-electron chi connectivity index (χ3n) is 1.91. The number of hydrogen-bond donors (Lipinski definition) is 2. The Morgan fingerprint density at radius 3 is 2.93 bits per heavy atom. The lowest BCUT2D eigenvalue weighted by Crippen LogP contribution is -2.12. The first-order valence-electron chi connectivity index (χ1n) is 4.31. The molecule has 0 saturated heterocycles. The van der Waals surface area contributed by atoms with Crippen LogP contribution in [0.15, 0.2) is 24.9 Å². The fraction of sp³-hybridized carbons (Fsp3) is 0.200. The van der Waals surface area contributed by atoms with Crippen molar-refractivity contribution in [2.75, 3.05) is 0 Å². The van der Waals surface area contributed by atoms with Crippen LogP contribution in [0, 0.1) is 5.82 Å². The average molecular weight is 210 g/mol. The van der Waals surface area contributed by atoms with Crippen molar-refractivity contribution >= 4 is 5.97 Å². The van der Waals surface area contributed by atoms with Crippen LogP contribution in [0.4, 0.5) is 4.39 Å². The zero-order valence-corrected chi connectivity index (χ0v) is 7.98. The van der Waals surface area contributed by atoms with Crippen molar-refractivity contribution in [3.8, 4) is 0 Å². The standard InChI is InChI=1S/C10H11FN2O2/c1-2-3-8(12)6-4-7(11)9(10(14)15)13-5-6/h2,4-5,8H,1,3,12H2,(H,14,15)/t8-/m1/s1. The van der Waals surface area contributed by atoms with Crippen LogP contribution < -0.4 is 5.73 Å². The van der Waals surface area contributed by atoms with Crippen molar-refractivity contribution in [1.82, 2.24) is 4.98 Å². The molecule has 0 unspecified atom stereocenters. The van der Waals surface area contributed by atoms with Gasteiger partial charge in [-0.3, -0.25) is 0 Å². The Labute approximate surface area is 86.2 Å². The zero-order chi connectivity index (χ0) is 11.4. The summed E-state index contributed by atoms with van der Waals surface area (Å²) in [7, 11) is 0. The van der Waals surface area contributed by atoms with Crippen molar-refractivity contribution in [3.63, 3.8) is 0 Å². The number of nitrogens with two attached hydrogens (primary N) is 1. The molecule has 0 aromatic carbocycles. The first-order valence-corrected chi connectivity index (χ1v) is 4.31. The van der Waals surface area contributed by atoms with Gasteiger partial charge in [0.05, 0.1) is 0 Å². The monoisotopic (exact) mass is 210 g/mol. The summed E-state index contributed by atoms with van der Waals surface area (Å²) in [4.78, 5) is 14.0. The number of rotatable bonds is 4. The molecule has 1 atom stereocenters. The maximum Gasteiger partial charge on any atom is 0.357 e. The number of halogens is 1. The summed E-state index contributed by atoms with van der Waals surface area (Å²) >= 11 is 0. The number of aromatic carboxylic acids is 1. The Morgan fingerprint density at radius 2 is 2.47 bits per heavy atom. The number of carbonyl (C=O) groups is 1. The van der Waals surface area contributed by atoms with Gasteiger partial charge in [-0.15, -0.1) is 6.58 Å². The molecule has 0 saturated carbocycles. The number of carboxylic acids is 1. The lowest BCUT2D eigenvalue weighted by molar-refractivity contribution is 0.0685. The van der Waals surface area contributed by atoms with Gasteiger partial charge in [-0.2, -0.15) is 0 Å². The number of carboxylic acid groups (broad SMARTS) is 1. The first kappa shape index (κ1) is 11.3. The Kier molecular flexibility index (Phi) is 3.51. The van der Waals surface area contributed by atoms with Gasteiger partial charge < -0.3 is 10.8 Å². The minimum atomic E-state index is -1.39. The molecule has 1 rings (SSSR count). The minimum absolute atomic E-state index is 0.410. The maximum absolute atomic E-state index is 13.2. The molecule has 15 heavy (non-hydrogen) atoms. The van der Waals surface area contributed by atoms with E-state index < -0.39 is 23.5 Å². The van der Waals surface area contributed by atoms with Crippen LogP contribution >= 0.6 is 0 Å². The van der Waals surface area contributed by atoms with Gasteiger partial charge in [0.25, 0.3) is 0 Å². The van der Waals surface area contributed by atoms with E-state index in [2.05, 4.69) is 11.6 Å². The number of aromatic nitrogens is 1. The predicted octanol–water partition coefficient (Wildman–Crippen LogP) is 1.49. The third kappa shape index (κ3) is 2.60. The Hall–Kier alpha value is -1.75. The first-order chi connectivity index (χ1) is 7.06. The molecule has 5 heteroatoms. The Morgan fingerprint density at radius 1 is 1.80 bits per heavy atom. The van der Waals surface area contributed by atoms with Gasteiger partial charge in [-0.1, -0.05) is 6.08 Å². The molecular formula is C10H11FN2O2. The van der Waals surface area contributed by atoms with Crippen molar-refractivity contribution in [2.45, 2.75) is 12.5 Å². The molecule has 0 spiro atoms. The van der Waals surface area contributed by atoms with Crippen molar-refractivity contribution in [3.05, 3.63) is 42.0 Å². The van der Waals surface area contributed by atoms with Crippen molar-refractivity contribution < 1.29 is 14.3 Å². The molecule has 1 aromatic rings. The molecule has 1 aromatic heterocycles. The van der Waals surface area contributed by atoms with Crippen LogP contribution in [0.1, 0.15) is 28.5 Å². The Bertz CT molecular complexity index is 393. The van der Waals surface area contributed by atoms with Gasteiger partial charge in [0.1, 0.15) is 0 Å². The summed E-state index contributed by atoms with van der Waals surface area (Å²) in [6.07, 6.45) is 3.35. The normalized spacial score (nSPS) is 12.1. The molecule has 0 aliphatic carbocycles. The highest BCUT2D eigenvalue weighted by Gasteiger charge is 2.14. The van der Waals surface area contributed by atoms with Gasteiger partial charge in [0.15, 0.2) is 11.5 Å². The Balaban J connectivity index is 3.00. The van der Waals surface area contributed by atoms with Crippen molar-refractivity contribution in [2.24, 2.45) is 5.73 Å². The third-order valence-corrected chi connectivity index (χ3v) is 1.91. The average Bonchev–Trinajstić information content (AvgIpc) is 2.17. The van der Waals surface area contributed by atoms with E-state index in [0.29, 0.717) is 12.0 Å². The molecule has 3 N–H and O–H groups in total. The van der Waals surface area contributed by atoms with Gasteiger partial charge in [0, 0.05) is 12.2 Å². The summed E-state index contributed by atoms with van der Waals surface area (Å²) in [5.41, 5.74) is 5.54. The second-order valence-electron chi connectivity index (χ2n) is 3.04. The van der Waals surface area contributed by atoms with Gasteiger partial charge in [-0.05, 0) is 18.1 Å². The van der Waals surface area contributed by atoms with Gasteiger partial charge in [0.2, 0.25) is 0 Å². The molecule has 4 nitrogen and oxygen atoms in total. The smallest absolute Gasteiger partial charge is 0.357 e. The highest BCUT2D eigenvalue weighted by atomic mass is 19.1. The van der Waals surface area contributed by atoms with Crippen LogP contribution in [-0.2, 0) is 0 Å². The molecule has 80 valence electrons. The largest absolute Gasteiger partial charge is 0.476 e. The van der Waals surface area contributed by atoms with E-state index in [4.69, 9.17) is 10.8 Å². The minimum Gasteiger partial charge on any atom is -0.476 e. The summed E-state index contributed by atoms with van der Waals surface area (Å²) < 4.78 is 13.2. The highest BCUT2D eigenvalue weighted by Crippen LogP contribution is 2.15.